The maximum absolute atomic E-state index is 14.1. The molecule has 9 nitrogen and oxygen atoms in total. The van der Waals surface area contributed by atoms with Crippen molar-refractivity contribution >= 4 is 52.4 Å². The monoisotopic (exact) mass is 568 g/mol. The fourth-order valence-corrected chi connectivity index (χ4v) is 5.06. The van der Waals surface area contributed by atoms with E-state index in [1.54, 1.807) is 35.4 Å². The molecule has 11 heteroatoms. The van der Waals surface area contributed by atoms with Crippen molar-refractivity contribution in [3.63, 3.8) is 0 Å². The van der Waals surface area contributed by atoms with Gasteiger partial charge >= 0.3 is 29.6 Å². The number of nitrogens with zero attached hydrogens (tertiary/aromatic N) is 3. The molecule has 4 aromatic rings. The number of halogens is 1. The molecule has 0 aliphatic carbocycles. The number of aliphatic hydroxyl groups is 1. The number of phenolic OH excluding ortho intramolecular Hbond substituents is 1. The summed E-state index contributed by atoms with van der Waals surface area (Å²) < 4.78 is 14.9. The van der Waals surface area contributed by atoms with E-state index in [-0.39, 0.29) is 72.3 Å². The Kier molecular flexibility index (Phi) is 9.93. The molecule has 5 rings (SSSR count). The van der Waals surface area contributed by atoms with Gasteiger partial charge in [-0.3, -0.25) is 19.4 Å². The molecule has 0 saturated carbocycles. The average molecular weight is 569 g/mol. The second-order valence-electron chi connectivity index (χ2n) is 9.73. The molecule has 1 aliphatic rings. The van der Waals surface area contributed by atoms with Crippen LogP contribution in [0.25, 0.3) is 22.2 Å². The second-order valence-corrected chi connectivity index (χ2v) is 9.73. The van der Waals surface area contributed by atoms with Crippen molar-refractivity contribution < 1.29 is 24.2 Å². The quantitative estimate of drug-likeness (QED) is 0.266. The van der Waals surface area contributed by atoms with Gasteiger partial charge in [-0.15, -0.1) is 0 Å². The number of fused-ring (bicyclic) bond motifs is 1. The molecule has 0 radical (unpaired) electrons. The number of phenols is 1. The molecule has 3 N–H and O–H groups in total. The molecule has 2 aromatic heterocycles. The van der Waals surface area contributed by atoms with Crippen molar-refractivity contribution in [2.75, 3.05) is 26.2 Å². The summed E-state index contributed by atoms with van der Waals surface area (Å²) in [5.74, 6) is -0.949. The third-order valence-electron chi connectivity index (χ3n) is 7.03. The van der Waals surface area contributed by atoms with Crippen molar-refractivity contribution in [3.05, 3.63) is 93.7 Å². The molecule has 2 amide bonds. The topological polar surface area (TPSA) is 125 Å². The van der Waals surface area contributed by atoms with Crippen LogP contribution in [-0.2, 0) is 17.8 Å². The van der Waals surface area contributed by atoms with Gasteiger partial charge in [-0.2, -0.15) is 0 Å². The normalized spacial score (nSPS) is 12.9. The van der Waals surface area contributed by atoms with Crippen LogP contribution in [0.3, 0.4) is 0 Å². The Bertz CT molecular complexity index is 1620. The first-order chi connectivity index (χ1) is 19.4. The van der Waals surface area contributed by atoms with Crippen molar-refractivity contribution in [2.45, 2.75) is 25.8 Å². The van der Waals surface area contributed by atoms with Crippen LogP contribution < -0.4 is 10.9 Å². The van der Waals surface area contributed by atoms with Crippen LogP contribution in [0.1, 0.15) is 34.3 Å². The molecule has 0 bridgehead atoms. The number of aromatic hydroxyl groups is 1. The van der Waals surface area contributed by atoms with E-state index in [1.807, 2.05) is 6.07 Å². The number of nitrogens with one attached hydrogen (secondary N) is 1. The van der Waals surface area contributed by atoms with Gasteiger partial charge in [0, 0.05) is 44.4 Å². The zero-order valence-electron chi connectivity index (χ0n) is 21.8. The number of hydrogen-bond acceptors (Lipinski definition) is 6. The molecule has 2 aromatic carbocycles. The predicted octanol–water partition coefficient (Wildman–Crippen LogP) is 2.19. The molecule has 1 fully saturated rings. The molecule has 3 heterocycles. The summed E-state index contributed by atoms with van der Waals surface area (Å²) in [6.07, 6.45) is 3.32. The Morgan fingerprint density at radius 2 is 1.76 bits per heavy atom. The second kappa shape index (κ2) is 13.4. The minimum atomic E-state index is -0.660. The Hall–Kier alpha value is -3.57. The summed E-state index contributed by atoms with van der Waals surface area (Å²) in [7, 11) is 0. The summed E-state index contributed by atoms with van der Waals surface area (Å²) in [4.78, 5) is 46.1. The molecule has 41 heavy (non-hydrogen) atoms. The molecular weight excluding hydrogens is 538 g/mol. The van der Waals surface area contributed by atoms with Crippen LogP contribution in [0.5, 0.6) is 5.75 Å². The zero-order valence-corrected chi connectivity index (χ0v) is 21.8. The van der Waals surface area contributed by atoms with Crippen molar-refractivity contribution in [1.82, 2.24) is 19.8 Å². The first-order valence-electron chi connectivity index (χ1n) is 13.1. The molecule has 0 spiro atoms. The molecule has 1 saturated heterocycles. The third kappa shape index (κ3) is 6.68. The van der Waals surface area contributed by atoms with Gasteiger partial charge in [0.05, 0.1) is 17.6 Å². The van der Waals surface area contributed by atoms with Crippen LogP contribution in [0.15, 0.2) is 65.6 Å². The number of pyridine rings is 2. The summed E-state index contributed by atoms with van der Waals surface area (Å²) >= 11 is 0. The van der Waals surface area contributed by atoms with Crippen molar-refractivity contribution in [1.29, 1.82) is 0 Å². The van der Waals surface area contributed by atoms with Gasteiger partial charge in [0.25, 0.3) is 11.5 Å². The van der Waals surface area contributed by atoms with Gasteiger partial charge in [0.2, 0.25) is 5.91 Å². The molecular formula is C30H30FN4NaO5. The third-order valence-corrected chi connectivity index (χ3v) is 7.03. The Morgan fingerprint density at radius 1 is 1.02 bits per heavy atom. The van der Waals surface area contributed by atoms with E-state index in [1.165, 1.54) is 28.8 Å². The van der Waals surface area contributed by atoms with E-state index in [9.17, 15) is 29.0 Å². The zero-order chi connectivity index (χ0) is 28.2. The van der Waals surface area contributed by atoms with E-state index in [0.29, 0.717) is 48.1 Å². The van der Waals surface area contributed by atoms with Crippen LogP contribution in [0.2, 0.25) is 0 Å². The number of aromatic nitrogens is 2. The van der Waals surface area contributed by atoms with Gasteiger partial charge in [-0.05, 0) is 59.9 Å². The standard InChI is InChI=1S/C30H29FN4O5.Na.H/c31-22-7-3-19(4-8-22)16-20-17-24-28(33-18-20)26(21-5-9-23(37)10-6-21)27(29(39)32-11-15-36)30(40)35(24)14-13-34-12-1-2-25(34)38;;/h3-10,17-18,36-37H,1-2,11-16H2,(H,32,39);;. The molecule has 208 valence electrons. The average Bonchev–Trinajstić information content (AvgIpc) is 3.37. The van der Waals surface area contributed by atoms with Gasteiger partial charge < -0.3 is 25.0 Å². The number of rotatable bonds is 9. The van der Waals surface area contributed by atoms with Gasteiger partial charge in [-0.25, -0.2) is 4.39 Å². The van der Waals surface area contributed by atoms with Crippen LogP contribution in [0.4, 0.5) is 4.39 Å². The van der Waals surface area contributed by atoms with E-state index < -0.39 is 11.5 Å². The van der Waals surface area contributed by atoms with E-state index in [0.717, 1.165) is 17.5 Å². The van der Waals surface area contributed by atoms with Crippen LogP contribution >= 0.6 is 0 Å². The van der Waals surface area contributed by atoms with Crippen LogP contribution in [-0.4, -0.2) is 92.3 Å². The fourth-order valence-electron chi connectivity index (χ4n) is 5.06. The number of aliphatic hydroxyl groups excluding tert-OH is 1. The van der Waals surface area contributed by atoms with Crippen molar-refractivity contribution in [3.8, 4) is 16.9 Å². The summed E-state index contributed by atoms with van der Waals surface area (Å²) in [5.41, 5.74) is 2.63. The van der Waals surface area contributed by atoms with Gasteiger partial charge in [-0.1, -0.05) is 24.3 Å². The Balaban J connectivity index is 0.00000387. The van der Waals surface area contributed by atoms with Crippen molar-refractivity contribution in [2.24, 2.45) is 0 Å². The molecule has 1 aliphatic heterocycles. The SMILES string of the molecule is O=C(NCCO)c1c(-c2ccc(O)cc2)c2ncc(Cc3ccc(F)cc3)cc2n(CCN2CCCC2=O)c1=O.[NaH]. The molecule has 0 unspecified atom stereocenters. The first-order valence-corrected chi connectivity index (χ1v) is 13.1. The molecule has 0 atom stereocenters. The fraction of sp³-hybridized carbons (Fsp3) is 0.267. The summed E-state index contributed by atoms with van der Waals surface area (Å²) in [6, 6.07) is 14.1. The first kappa shape index (κ1) is 30.4. The van der Waals surface area contributed by atoms with E-state index in [2.05, 4.69) is 5.32 Å². The number of likely N-dealkylation sites (tertiary alicyclic amines) is 1. The number of hydrogen-bond donors (Lipinski definition) is 3. The Labute approximate surface area is 257 Å². The summed E-state index contributed by atoms with van der Waals surface area (Å²) in [6.45, 7) is 0.710. The number of benzene rings is 2. The summed E-state index contributed by atoms with van der Waals surface area (Å²) in [5, 5.41) is 21.7. The Morgan fingerprint density at radius 3 is 2.41 bits per heavy atom. The van der Waals surface area contributed by atoms with E-state index in [4.69, 9.17) is 4.98 Å². The van der Waals surface area contributed by atoms with Gasteiger partial charge in [0.15, 0.2) is 0 Å². The predicted molar refractivity (Wildman–Crippen MR) is 155 cm³/mol. The maximum atomic E-state index is 14.1. The minimum absolute atomic E-state index is 0. The number of carbonyl (C=O) groups is 2. The van der Waals surface area contributed by atoms with Crippen LogP contribution in [0, 0.1) is 5.82 Å². The number of carbonyl (C=O) groups excluding carboxylic acids is 2. The number of amides is 2. The van der Waals surface area contributed by atoms with Gasteiger partial charge in [0.1, 0.15) is 17.1 Å². The van der Waals surface area contributed by atoms with E-state index >= 15 is 0 Å².